The van der Waals surface area contributed by atoms with Crippen molar-refractivity contribution in [3.05, 3.63) is 35.8 Å². The van der Waals surface area contributed by atoms with Crippen molar-refractivity contribution in [2.45, 2.75) is 6.92 Å². The number of hydrogen-bond acceptors (Lipinski definition) is 4. The molecule has 0 radical (unpaired) electrons. The highest BCUT2D eigenvalue weighted by atomic mass is 19.1. The summed E-state index contributed by atoms with van der Waals surface area (Å²) in [6.07, 6.45) is 0. The van der Waals surface area contributed by atoms with E-state index in [4.69, 9.17) is 10.5 Å². The van der Waals surface area contributed by atoms with E-state index in [9.17, 15) is 4.39 Å². The van der Waals surface area contributed by atoms with Gasteiger partial charge in [0.1, 0.15) is 5.82 Å². The maximum atomic E-state index is 13.3. The summed E-state index contributed by atoms with van der Waals surface area (Å²) in [5.41, 5.74) is 7.07. The van der Waals surface area contributed by atoms with Gasteiger partial charge in [0.05, 0.1) is 7.11 Å². The van der Waals surface area contributed by atoms with Crippen molar-refractivity contribution in [2.24, 2.45) is 0 Å². The van der Waals surface area contributed by atoms with E-state index in [-0.39, 0.29) is 5.75 Å². The minimum Gasteiger partial charge on any atom is -0.494 e. The van der Waals surface area contributed by atoms with Crippen molar-refractivity contribution >= 4 is 5.82 Å². The average molecular weight is 233 g/mol. The van der Waals surface area contributed by atoms with Crippen molar-refractivity contribution in [1.82, 2.24) is 9.97 Å². The molecule has 2 N–H and O–H groups in total. The lowest BCUT2D eigenvalue weighted by Crippen LogP contribution is -1.98. The Balaban J connectivity index is 2.52. The molecule has 0 spiro atoms. The van der Waals surface area contributed by atoms with Gasteiger partial charge in [-0.05, 0) is 25.1 Å². The van der Waals surface area contributed by atoms with Crippen LogP contribution < -0.4 is 10.5 Å². The third-order valence-corrected chi connectivity index (χ3v) is 2.28. The second kappa shape index (κ2) is 4.37. The predicted octanol–water partition coefficient (Wildman–Crippen LogP) is 2.18. The summed E-state index contributed by atoms with van der Waals surface area (Å²) in [5, 5.41) is 0. The first kappa shape index (κ1) is 11.3. The van der Waals surface area contributed by atoms with Crippen LogP contribution in [0.25, 0.3) is 11.4 Å². The van der Waals surface area contributed by atoms with Crippen LogP contribution in [0.4, 0.5) is 10.2 Å². The molecule has 0 saturated carbocycles. The van der Waals surface area contributed by atoms with E-state index in [0.717, 1.165) is 5.69 Å². The first-order valence-electron chi connectivity index (χ1n) is 5.05. The highest BCUT2D eigenvalue weighted by molar-refractivity contribution is 5.59. The molecule has 0 amide bonds. The lowest BCUT2D eigenvalue weighted by Gasteiger charge is -2.06. The van der Waals surface area contributed by atoms with E-state index in [1.807, 2.05) is 6.92 Å². The first-order valence-corrected chi connectivity index (χ1v) is 5.05. The molecule has 0 aliphatic heterocycles. The normalized spacial score (nSPS) is 10.3. The van der Waals surface area contributed by atoms with E-state index >= 15 is 0 Å². The first-order chi connectivity index (χ1) is 8.10. The van der Waals surface area contributed by atoms with Crippen LogP contribution in [0.3, 0.4) is 0 Å². The summed E-state index contributed by atoms with van der Waals surface area (Å²) in [5.74, 6) is 0.583. The molecule has 0 bridgehead atoms. The Labute approximate surface area is 98.3 Å². The zero-order chi connectivity index (χ0) is 12.4. The molecule has 88 valence electrons. The molecule has 1 aromatic heterocycles. The van der Waals surface area contributed by atoms with Crippen molar-refractivity contribution in [3.63, 3.8) is 0 Å². The van der Waals surface area contributed by atoms with Gasteiger partial charge in [-0.3, -0.25) is 0 Å². The van der Waals surface area contributed by atoms with Gasteiger partial charge in [-0.15, -0.1) is 0 Å². The third-order valence-electron chi connectivity index (χ3n) is 2.28. The number of hydrogen-bond donors (Lipinski definition) is 1. The van der Waals surface area contributed by atoms with Gasteiger partial charge in [-0.2, -0.15) is 0 Å². The largest absolute Gasteiger partial charge is 0.494 e. The quantitative estimate of drug-likeness (QED) is 0.863. The van der Waals surface area contributed by atoms with Gasteiger partial charge in [-0.25, -0.2) is 14.4 Å². The van der Waals surface area contributed by atoms with Crippen LogP contribution in [0.5, 0.6) is 5.75 Å². The van der Waals surface area contributed by atoms with Crippen LogP contribution in [0, 0.1) is 12.7 Å². The molecule has 17 heavy (non-hydrogen) atoms. The Hall–Kier alpha value is -2.17. The molecule has 0 atom stereocenters. The molecule has 0 aliphatic rings. The molecule has 4 nitrogen and oxygen atoms in total. The van der Waals surface area contributed by atoms with E-state index in [1.54, 1.807) is 18.2 Å². The highest BCUT2D eigenvalue weighted by Crippen LogP contribution is 2.24. The fourth-order valence-electron chi connectivity index (χ4n) is 1.52. The lowest BCUT2D eigenvalue weighted by atomic mass is 10.2. The summed E-state index contributed by atoms with van der Waals surface area (Å²) in [7, 11) is 1.41. The van der Waals surface area contributed by atoms with Crippen molar-refractivity contribution < 1.29 is 9.13 Å². The van der Waals surface area contributed by atoms with E-state index in [1.165, 1.54) is 13.2 Å². The number of halogens is 1. The Bertz CT molecular complexity index is 537. The SMILES string of the molecule is COc1cc(-c2nc(C)cc(N)n2)ccc1F. The van der Waals surface area contributed by atoms with Gasteiger partial charge < -0.3 is 10.5 Å². The summed E-state index contributed by atoms with van der Waals surface area (Å²) < 4.78 is 18.2. The monoisotopic (exact) mass is 233 g/mol. The van der Waals surface area contributed by atoms with Gasteiger partial charge in [0.25, 0.3) is 0 Å². The number of anilines is 1. The van der Waals surface area contributed by atoms with Crippen LogP contribution in [0.2, 0.25) is 0 Å². The number of benzene rings is 1. The Kier molecular flexibility index (Phi) is 2.91. The second-order valence-electron chi connectivity index (χ2n) is 3.61. The minimum atomic E-state index is -0.420. The molecule has 0 saturated heterocycles. The molecular formula is C12H12FN3O. The Morgan fingerprint density at radius 2 is 2.00 bits per heavy atom. The van der Waals surface area contributed by atoms with Gasteiger partial charge in [0, 0.05) is 17.3 Å². The van der Waals surface area contributed by atoms with E-state index in [0.29, 0.717) is 17.2 Å². The third kappa shape index (κ3) is 2.33. The van der Waals surface area contributed by atoms with Crippen LogP contribution in [-0.4, -0.2) is 17.1 Å². The van der Waals surface area contributed by atoms with Gasteiger partial charge in [-0.1, -0.05) is 0 Å². The van der Waals surface area contributed by atoms with Crippen LogP contribution in [0.1, 0.15) is 5.69 Å². The second-order valence-corrected chi connectivity index (χ2v) is 3.61. The number of aromatic nitrogens is 2. The number of ether oxygens (including phenoxy) is 1. The molecule has 1 aromatic carbocycles. The topological polar surface area (TPSA) is 61.0 Å². The summed E-state index contributed by atoms with van der Waals surface area (Å²) >= 11 is 0. The van der Waals surface area contributed by atoms with Crippen LogP contribution >= 0.6 is 0 Å². The predicted molar refractivity (Wildman–Crippen MR) is 63.1 cm³/mol. The Morgan fingerprint density at radius 1 is 1.24 bits per heavy atom. The van der Waals surface area contributed by atoms with Crippen molar-refractivity contribution in [1.29, 1.82) is 0 Å². The van der Waals surface area contributed by atoms with Crippen molar-refractivity contribution in [2.75, 3.05) is 12.8 Å². The fraction of sp³-hybridized carbons (Fsp3) is 0.167. The van der Waals surface area contributed by atoms with E-state index < -0.39 is 5.82 Å². The molecule has 0 unspecified atom stereocenters. The molecule has 0 aliphatic carbocycles. The number of rotatable bonds is 2. The highest BCUT2D eigenvalue weighted by Gasteiger charge is 2.08. The lowest BCUT2D eigenvalue weighted by molar-refractivity contribution is 0.387. The molecule has 2 rings (SSSR count). The minimum absolute atomic E-state index is 0.158. The number of nitrogens with two attached hydrogens (primary N) is 1. The summed E-state index contributed by atoms with van der Waals surface area (Å²) in [6, 6.07) is 6.12. The molecular weight excluding hydrogens is 221 g/mol. The van der Waals surface area contributed by atoms with Gasteiger partial charge in [0.2, 0.25) is 0 Å². The number of aryl methyl sites for hydroxylation is 1. The zero-order valence-electron chi connectivity index (χ0n) is 9.57. The molecule has 2 aromatic rings. The number of methoxy groups -OCH3 is 1. The van der Waals surface area contributed by atoms with Gasteiger partial charge in [0.15, 0.2) is 17.4 Å². The Morgan fingerprint density at radius 3 is 2.65 bits per heavy atom. The van der Waals surface area contributed by atoms with E-state index in [2.05, 4.69) is 9.97 Å². The maximum absolute atomic E-state index is 13.3. The molecule has 1 heterocycles. The average Bonchev–Trinajstić information content (AvgIpc) is 2.28. The standard InChI is InChI=1S/C12H12FN3O/c1-7-5-11(14)16-12(15-7)8-3-4-9(13)10(6-8)17-2/h3-6H,1-2H3,(H2,14,15,16). The molecule has 5 heteroatoms. The number of nitrogens with zero attached hydrogens (tertiary/aromatic N) is 2. The summed E-state index contributed by atoms with van der Waals surface area (Å²) in [4.78, 5) is 8.34. The van der Waals surface area contributed by atoms with Crippen LogP contribution in [0.15, 0.2) is 24.3 Å². The van der Waals surface area contributed by atoms with Crippen molar-refractivity contribution in [3.8, 4) is 17.1 Å². The smallest absolute Gasteiger partial charge is 0.165 e. The molecule has 0 fully saturated rings. The summed E-state index contributed by atoms with van der Waals surface area (Å²) in [6.45, 7) is 1.82. The zero-order valence-corrected chi connectivity index (χ0v) is 9.57. The fourth-order valence-corrected chi connectivity index (χ4v) is 1.52. The van der Waals surface area contributed by atoms with Crippen LogP contribution in [-0.2, 0) is 0 Å². The van der Waals surface area contributed by atoms with Gasteiger partial charge >= 0.3 is 0 Å². The maximum Gasteiger partial charge on any atom is 0.165 e. The number of nitrogen functional groups attached to an aromatic ring is 1.